The zero-order valence-corrected chi connectivity index (χ0v) is 5.12. The first-order valence-corrected chi connectivity index (χ1v) is 2.47. The molecule has 0 aliphatic heterocycles. The van der Waals surface area contributed by atoms with E-state index >= 15 is 0 Å². The molecule has 0 saturated heterocycles. The molecule has 0 aromatic heterocycles. The molecule has 48 valence electrons. The van der Waals surface area contributed by atoms with E-state index < -0.39 is 11.8 Å². The van der Waals surface area contributed by atoms with Crippen molar-refractivity contribution in [2.75, 3.05) is 0 Å². The van der Waals surface area contributed by atoms with Gasteiger partial charge in [-0.2, -0.15) is 0 Å². The van der Waals surface area contributed by atoms with Crippen LogP contribution in [0.25, 0.3) is 0 Å². The standard InChI is InChI=1S/C6H10F2/c1-4-6(3,8)5(2)7/h4-5H,1H2,2-3H3. The van der Waals surface area contributed by atoms with Crippen molar-refractivity contribution in [1.82, 2.24) is 0 Å². The Labute approximate surface area is 48.2 Å². The highest BCUT2D eigenvalue weighted by atomic mass is 19.2. The molecule has 0 nitrogen and oxygen atoms in total. The van der Waals surface area contributed by atoms with Gasteiger partial charge in [-0.3, -0.25) is 0 Å². The maximum Gasteiger partial charge on any atom is 0.156 e. The molecule has 0 spiro atoms. The van der Waals surface area contributed by atoms with Gasteiger partial charge < -0.3 is 0 Å². The maximum absolute atomic E-state index is 12.4. The molecular weight excluding hydrogens is 110 g/mol. The zero-order chi connectivity index (χ0) is 6.78. The van der Waals surface area contributed by atoms with Gasteiger partial charge in [0.2, 0.25) is 0 Å². The lowest BCUT2D eigenvalue weighted by atomic mass is 10.1. The third-order valence-corrected chi connectivity index (χ3v) is 1.18. The smallest absolute Gasteiger partial charge is 0.156 e. The first-order chi connectivity index (χ1) is 3.50. The van der Waals surface area contributed by atoms with Crippen molar-refractivity contribution in [1.29, 1.82) is 0 Å². The van der Waals surface area contributed by atoms with Gasteiger partial charge in [-0.25, -0.2) is 8.78 Å². The molecule has 0 saturated carbocycles. The Hall–Kier alpha value is -0.400. The van der Waals surface area contributed by atoms with Crippen LogP contribution in [0.5, 0.6) is 0 Å². The van der Waals surface area contributed by atoms with Crippen LogP contribution in [0, 0.1) is 0 Å². The van der Waals surface area contributed by atoms with Crippen LogP contribution in [-0.4, -0.2) is 11.8 Å². The highest BCUT2D eigenvalue weighted by Crippen LogP contribution is 2.18. The minimum atomic E-state index is -1.86. The lowest BCUT2D eigenvalue weighted by Crippen LogP contribution is -2.25. The normalized spacial score (nSPS) is 21.5. The summed E-state index contributed by atoms with van der Waals surface area (Å²) in [4.78, 5) is 0. The molecule has 0 fully saturated rings. The average Bonchev–Trinajstić information content (AvgIpc) is 1.67. The summed E-state index contributed by atoms with van der Waals surface area (Å²) in [5.74, 6) is 0. The second kappa shape index (κ2) is 2.25. The molecule has 0 aliphatic carbocycles. The molecule has 0 aromatic carbocycles. The summed E-state index contributed by atoms with van der Waals surface area (Å²) < 4.78 is 24.5. The zero-order valence-electron chi connectivity index (χ0n) is 5.12. The number of halogens is 2. The number of allylic oxidation sites excluding steroid dienone is 1. The summed E-state index contributed by atoms with van der Waals surface area (Å²) in [5, 5.41) is 0. The Kier molecular flexibility index (Phi) is 2.13. The van der Waals surface area contributed by atoms with E-state index in [9.17, 15) is 8.78 Å². The number of hydrogen-bond donors (Lipinski definition) is 0. The third kappa shape index (κ3) is 1.60. The lowest BCUT2D eigenvalue weighted by molar-refractivity contribution is 0.127. The Morgan fingerprint density at radius 3 is 2.12 bits per heavy atom. The van der Waals surface area contributed by atoms with Crippen molar-refractivity contribution in [2.45, 2.75) is 25.7 Å². The van der Waals surface area contributed by atoms with Gasteiger partial charge in [-0.15, -0.1) is 0 Å². The largest absolute Gasteiger partial charge is 0.244 e. The van der Waals surface area contributed by atoms with Gasteiger partial charge >= 0.3 is 0 Å². The fourth-order valence-corrected chi connectivity index (χ4v) is 0.162. The predicted molar refractivity (Wildman–Crippen MR) is 30.3 cm³/mol. The van der Waals surface area contributed by atoms with E-state index in [2.05, 4.69) is 6.58 Å². The minimum absolute atomic E-state index is 0.970. The van der Waals surface area contributed by atoms with Crippen LogP contribution in [0.1, 0.15) is 13.8 Å². The fraction of sp³-hybridized carbons (Fsp3) is 0.667. The fourth-order valence-electron chi connectivity index (χ4n) is 0.162. The van der Waals surface area contributed by atoms with Crippen LogP contribution in [0.2, 0.25) is 0 Å². The summed E-state index contributed by atoms with van der Waals surface area (Å²) in [6.45, 7) is 5.46. The van der Waals surface area contributed by atoms with Crippen LogP contribution >= 0.6 is 0 Å². The molecule has 0 aliphatic rings. The van der Waals surface area contributed by atoms with E-state index in [1.54, 1.807) is 0 Å². The molecule has 2 atom stereocenters. The monoisotopic (exact) mass is 120 g/mol. The van der Waals surface area contributed by atoms with E-state index in [1.165, 1.54) is 6.92 Å². The SMILES string of the molecule is C=CC(C)(F)C(C)F. The summed E-state index contributed by atoms with van der Waals surface area (Å²) in [5.41, 5.74) is -1.86. The van der Waals surface area contributed by atoms with Gasteiger partial charge in [-0.05, 0) is 13.8 Å². The molecule has 2 unspecified atom stereocenters. The quantitative estimate of drug-likeness (QED) is 0.490. The minimum Gasteiger partial charge on any atom is -0.244 e. The van der Waals surface area contributed by atoms with Crippen LogP contribution in [0.4, 0.5) is 8.78 Å². The highest BCUT2D eigenvalue weighted by molar-refractivity contribution is 4.96. The first-order valence-electron chi connectivity index (χ1n) is 2.47. The molecule has 0 rings (SSSR count). The van der Waals surface area contributed by atoms with Gasteiger partial charge in [0.15, 0.2) is 5.67 Å². The van der Waals surface area contributed by atoms with E-state index in [4.69, 9.17) is 0 Å². The van der Waals surface area contributed by atoms with E-state index in [0.717, 1.165) is 13.0 Å². The van der Waals surface area contributed by atoms with Crippen molar-refractivity contribution in [3.05, 3.63) is 12.7 Å². The van der Waals surface area contributed by atoms with Gasteiger partial charge in [0, 0.05) is 0 Å². The second-order valence-corrected chi connectivity index (χ2v) is 1.97. The second-order valence-electron chi connectivity index (χ2n) is 1.97. The Morgan fingerprint density at radius 1 is 1.75 bits per heavy atom. The molecular formula is C6H10F2. The lowest BCUT2D eigenvalue weighted by Gasteiger charge is -2.15. The maximum atomic E-state index is 12.4. The average molecular weight is 120 g/mol. The van der Waals surface area contributed by atoms with Crippen molar-refractivity contribution < 1.29 is 8.78 Å². The number of rotatable bonds is 2. The van der Waals surface area contributed by atoms with Crippen LogP contribution in [0.3, 0.4) is 0 Å². The third-order valence-electron chi connectivity index (χ3n) is 1.18. The van der Waals surface area contributed by atoms with Crippen molar-refractivity contribution in [3.63, 3.8) is 0 Å². The molecule has 0 heterocycles. The summed E-state index contributed by atoms with van der Waals surface area (Å²) in [6.07, 6.45) is -0.502. The summed E-state index contributed by atoms with van der Waals surface area (Å²) in [6, 6.07) is 0. The van der Waals surface area contributed by atoms with Gasteiger partial charge in [-0.1, -0.05) is 12.7 Å². The first kappa shape index (κ1) is 7.60. The Bertz CT molecular complexity index is 84.5. The molecule has 0 radical (unpaired) electrons. The van der Waals surface area contributed by atoms with Crippen molar-refractivity contribution in [3.8, 4) is 0 Å². The summed E-state index contributed by atoms with van der Waals surface area (Å²) >= 11 is 0. The number of alkyl halides is 2. The van der Waals surface area contributed by atoms with Crippen LogP contribution < -0.4 is 0 Å². The number of hydrogen-bond acceptors (Lipinski definition) is 0. The molecule has 2 heteroatoms. The Balaban J connectivity index is 3.90. The summed E-state index contributed by atoms with van der Waals surface area (Å²) in [7, 11) is 0. The van der Waals surface area contributed by atoms with E-state index in [0.29, 0.717) is 0 Å². The molecule has 8 heavy (non-hydrogen) atoms. The van der Waals surface area contributed by atoms with Gasteiger partial charge in [0.25, 0.3) is 0 Å². The predicted octanol–water partition coefficient (Wildman–Crippen LogP) is 2.26. The van der Waals surface area contributed by atoms with Crippen LogP contribution in [-0.2, 0) is 0 Å². The van der Waals surface area contributed by atoms with Crippen molar-refractivity contribution >= 4 is 0 Å². The van der Waals surface area contributed by atoms with Gasteiger partial charge in [0.05, 0.1) is 0 Å². The molecule has 0 bridgehead atoms. The molecule has 0 N–H and O–H groups in total. The molecule has 0 amide bonds. The van der Waals surface area contributed by atoms with E-state index in [1.807, 2.05) is 0 Å². The Morgan fingerprint density at radius 2 is 2.12 bits per heavy atom. The highest BCUT2D eigenvalue weighted by Gasteiger charge is 2.26. The van der Waals surface area contributed by atoms with Gasteiger partial charge in [0.1, 0.15) is 6.17 Å². The van der Waals surface area contributed by atoms with Crippen molar-refractivity contribution in [2.24, 2.45) is 0 Å². The van der Waals surface area contributed by atoms with Crippen LogP contribution in [0.15, 0.2) is 12.7 Å². The topological polar surface area (TPSA) is 0 Å². The van der Waals surface area contributed by atoms with E-state index in [-0.39, 0.29) is 0 Å². The molecule has 0 aromatic rings.